The highest BCUT2D eigenvalue weighted by molar-refractivity contribution is 7.80. The number of carbonyl (C=O) groups excluding carboxylic acids is 2. The summed E-state index contributed by atoms with van der Waals surface area (Å²) in [5.74, 6) is 0.686. The molecule has 2 aromatic rings. The summed E-state index contributed by atoms with van der Waals surface area (Å²) in [5, 5.41) is 8.48. The van der Waals surface area contributed by atoms with Gasteiger partial charge in [-0.3, -0.25) is 14.9 Å². The van der Waals surface area contributed by atoms with Gasteiger partial charge >= 0.3 is 0 Å². The van der Waals surface area contributed by atoms with Crippen LogP contribution in [0.1, 0.15) is 37.3 Å². The van der Waals surface area contributed by atoms with E-state index in [1.165, 1.54) is 7.11 Å². The summed E-state index contributed by atoms with van der Waals surface area (Å²) in [7, 11) is 1.52. The van der Waals surface area contributed by atoms with Crippen LogP contribution in [0.5, 0.6) is 11.5 Å². The molecule has 7 nitrogen and oxygen atoms in total. The molecule has 2 amide bonds. The fraction of sp³-hybridized carbons (Fsp3) is 0.348. The largest absolute Gasteiger partial charge is 0.494 e. The summed E-state index contributed by atoms with van der Waals surface area (Å²) in [5.41, 5.74) is 3.31. The quantitative estimate of drug-likeness (QED) is 0.500. The highest BCUT2D eigenvalue weighted by Crippen LogP contribution is 2.28. The molecule has 0 aliphatic carbocycles. The first-order chi connectivity index (χ1) is 14.8. The number of rotatable bonds is 9. The van der Waals surface area contributed by atoms with Crippen molar-refractivity contribution in [3.05, 3.63) is 47.5 Å². The molecule has 31 heavy (non-hydrogen) atoms. The van der Waals surface area contributed by atoms with E-state index in [1.807, 2.05) is 39.0 Å². The lowest BCUT2D eigenvalue weighted by Crippen LogP contribution is -2.37. The summed E-state index contributed by atoms with van der Waals surface area (Å²) in [4.78, 5) is 24.1. The number of thiocarbonyl (C=S) groups is 1. The fourth-order valence-corrected chi connectivity index (χ4v) is 3.14. The van der Waals surface area contributed by atoms with Crippen LogP contribution in [0.2, 0.25) is 0 Å². The minimum atomic E-state index is -0.372. The molecule has 0 atom stereocenters. The molecule has 0 saturated carbocycles. The molecule has 166 valence electrons. The first kappa shape index (κ1) is 24.1. The number of hydrogen-bond donors (Lipinski definition) is 3. The summed E-state index contributed by atoms with van der Waals surface area (Å²) in [6.45, 7) is 5.81. The number of anilines is 2. The van der Waals surface area contributed by atoms with Crippen LogP contribution in [-0.2, 0) is 9.59 Å². The lowest BCUT2D eigenvalue weighted by molar-refractivity contribution is -0.121. The topological polar surface area (TPSA) is 88.7 Å². The molecule has 0 aromatic heterocycles. The Labute approximate surface area is 188 Å². The maximum Gasteiger partial charge on any atom is 0.264 e. The Morgan fingerprint density at radius 3 is 2.35 bits per heavy atom. The van der Waals surface area contributed by atoms with E-state index in [4.69, 9.17) is 21.7 Å². The number of carbonyl (C=O) groups is 2. The second-order valence-corrected chi connectivity index (χ2v) is 7.59. The first-order valence-corrected chi connectivity index (χ1v) is 10.5. The smallest absolute Gasteiger partial charge is 0.264 e. The second-order valence-electron chi connectivity index (χ2n) is 7.18. The van der Waals surface area contributed by atoms with E-state index >= 15 is 0 Å². The van der Waals surface area contributed by atoms with Gasteiger partial charge in [0.1, 0.15) is 11.5 Å². The maximum atomic E-state index is 12.1. The molecule has 0 aliphatic rings. The molecule has 0 aliphatic heterocycles. The number of nitrogens with one attached hydrogen (secondary N) is 3. The van der Waals surface area contributed by atoms with Crippen molar-refractivity contribution in [1.29, 1.82) is 0 Å². The third-order valence-corrected chi connectivity index (χ3v) is 4.51. The van der Waals surface area contributed by atoms with Gasteiger partial charge in [-0.15, -0.1) is 0 Å². The molecular formula is C23H29N3O4S. The molecule has 0 unspecified atom stereocenters. The van der Waals surface area contributed by atoms with E-state index < -0.39 is 0 Å². The van der Waals surface area contributed by atoms with E-state index in [2.05, 4.69) is 16.0 Å². The zero-order valence-corrected chi connectivity index (χ0v) is 19.2. The van der Waals surface area contributed by atoms with Gasteiger partial charge in [0.2, 0.25) is 5.91 Å². The molecule has 8 heteroatoms. The molecule has 0 saturated heterocycles. The van der Waals surface area contributed by atoms with Gasteiger partial charge in [-0.25, -0.2) is 0 Å². The Hall–Kier alpha value is -3.13. The molecule has 0 radical (unpaired) electrons. The van der Waals surface area contributed by atoms with Crippen LogP contribution < -0.4 is 25.4 Å². The Morgan fingerprint density at radius 2 is 1.71 bits per heavy atom. The summed E-state index contributed by atoms with van der Waals surface area (Å²) in [6.07, 6.45) is 2.24. The van der Waals surface area contributed by atoms with E-state index in [0.717, 1.165) is 24.0 Å². The van der Waals surface area contributed by atoms with Gasteiger partial charge in [0.15, 0.2) is 11.7 Å². The van der Waals surface area contributed by atoms with Gasteiger partial charge in [-0.2, -0.15) is 0 Å². The van der Waals surface area contributed by atoms with Gasteiger partial charge in [-0.1, -0.05) is 19.4 Å². The zero-order chi connectivity index (χ0) is 22.8. The van der Waals surface area contributed by atoms with Gasteiger partial charge < -0.3 is 20.1 Å². The second kappa shape index (κ2) is 11.9. The van der Waals surface area contributed by atoms with Crippen molar-refractivity contribution in [1.82, 2.24) is 5.32 Å². The molecule has 0 fully saturated rings. The molecule has 2 rings (SSSR count). The third-order valence-electron chi connectivity index (χ3n) is 4.31. The highest BCUT2D eigenvalue weighted by atomic mass is 32.1. The summed E-state index contributed by atoms with van der Waals surface area (Å²) < 4.78 is 10.9. The van der Waals surface area contributed by atoms with Crippen LogP contribution in [0, 0.1) is 13.8 Å². The van der Waals surface area contributed by atoms with Crippen LogP contribution in [0.25, 0.3) is 0 Å². The van der Waals surface area contributed by atoms with E-state index in [0.29, 0.717) is 29.3 Å². The van der Waals surface area contributed by atoms with E-state index in [-0.39, 0.29) is 23.5 Å². The predicted octanol–water partition coefficient (Wildman–Crippen LogP) is 4.33. The van der Waals surface area contributed by atoms with Crippen molar-refractivity contribution >= 4 is 40.5 Å². The average molecular weight is 444 g/mol. The molecule has 0 heterocycles. The number of ether oxygens (including phenoxy) is 2. The summed E-state index contributed by atoms with van der Waals surface area (Å²) in [6, 6.07) is 10.9. The van der Waals surface area contributed by atoms with Crippen LogP contribution in [0.4, 0.5) is 11.4 Å². The number of hydrogen-bond acceptors (Lipinski definition) is 5. The molecular weight excluding hydrogens is 414 g/mol. The Kier molecular flexibility index (Phi) is 9.27. The zero-order valence-electron chi connectivity index (χ0n) is 18.3. The minimum Gasteiger partial charge on any atom is -0.494 e. The van der Waals surface area contributed by atoms with Crippen LogP contribution in [-0.4, -0.2) is 30.6 Å². The lowest BCUT2D eigenvalue weighted by Gasteiger charge is -2.14. The first-order valence-electron chi connectivity index (χ1n) is 10.1. The molecule has 3 N–H and O–H groups in total. The molecule has 0 spiro atoms. The Balaban J connectivity index is 1.89. The average Bonchev–Trinajstić information content (AvgIpc) is 2.71. The van der Waals surface area contributed by atoms with Gasteiger partial charge in [0, 0.05) is 18.2 Å². The number of amides is 2. The Morgan fingerprint density at radius 1 is 1.00 bits per heavy atom. The van der Waals surface area contributed by atoms with E-state index in [1.54, 1.807) is 18.2 Å². The number of unbranched alkanes of at least 4 members (excludes halogenated alkanes) is 1. The van der Waals surface area contributed by atoms with Crippen molar-refractivity contribution < 1.29 is 19.1 Å². The SMILES string of the molecule is CCCCC(=O)Nc1ccc(NC(=S)NC(=O)COc2cc(C)cc(C)c2)cc1OC. The van der Waals surface area contributed by atoms with Crippen LogP contribution in [0.3, 0.4) is 0 Å². The number of benzene rings is 2. The van der Waals surface area contributed by atoms with Crippen LogP contribution in [0.15, 0.2) is 36.4 Å². The minimum absolute atomic E-state index is 0.0625. The summed E-state index contributed by atoms with van der Waals surface area (Å²) >= 11 is 5.21. The van der Waals surface area contributed by atoms with Gasteiger partial charge in [0.25, 0.3) is 5.91 Å². The number of methoxy groups -OCH3 is 1. The third kappa shape index (κ3) is 8.25. The highest BCUT2D eigenvalue weighted by Gasteiger charge is 2.11. The lowest BCUT2D eigenvalue weighted by atomic mass is 10.1. The van der Waals surface area contributed by atoms with E-state index in [9.17, 15) is 9.59 Å². The predicted molar refractivity (Wildman–Crippen MR) is 127 cm³/mol. The molecule has 2 aromatic carbocycles. The van der Waals surface area contributed by atoms with Crippen molar-refractivity contribution in [2.45, 2.75) is 40.0 Å². The van der Waals surface area contributed by atoms with Crippen LogP contribution >= 0.6 is 12.2 Å². The van der Waals surface area contributed by atoms with Crippen molar-refractivity contribution in [3.8, 4) is 11.5 Å². The van der Waals surface area contributed by atoms with Crippen molar-refractivity contribution in [2.75, 3.05) is 24.4 Å². The normalized spacial score (nSPS) is 10.2. The van der Waals surface area contributed by atoms with Gasteiger partial charge in [0.05, 0.1) is 12.8 Å². The van der Waals surface area contributed by atoms with Crippen molar-refractivity contribution in [3.63, 3.8) is 0 Å². The maximum absolute atomic E-state index is 12.1. The standard InChI is InChI=1S/C23H29N3O4S/c1-5-6-7-21(27)25-19-9-8-17(13-20(19)29-4)24-23(31)26-22(28)14-30-18-11-15(2)10-16(3)12-18/h8-13H,5-7,14H2,1-4H3,(H,25,27)(H2,24,26,28,31). The van der Waals surface area contributed by atoms with Crippen molar-refractivity contribution in [2.24, 2.45) is 0 Å². The Bertz CT molecular complexity index is 926. The monoisotopic (exact) mass is 443 g/mol. The molecule has 0 bridgehead atoms. The fourth-order valence-electron chi connectivity index (χ4n) is 2.91. The number of aryl methyl sites for hydroxylation is 2. The van der Waals surface area contributed by atoms with Gasteiger partial charge in [-0.05, 0) is 67.9 Å².